The Bertz CT molecular complexity index is 830. The minimum absolute atomic E-state index is 0.139. The Morgan fingerprint density at radius 3 is 2.00 bits per heavy atom. The molecule has 5 rings (SSSR count). The summed E-state index contributed by atoms with van der Waals surface area (Å²) in [5.41, 5.74) is 2.05. The highest BCUT2D eigenvalue weighted by Crippen LogP contribution is 2.40. The predicted octanol–water partition coefficient (Wildman–Crippen LogP) is 2.85. The molecule has 23 heavy (non-hydrogen) atoms. The second kappa shape index (κ2) is 5.28. The molecule has 0 aromatic heterocycles. The van der Waals surface area contributed by atoms with Crippen LogP contribution in [0.1, 0.15) is 19.3 Å². The van der Waals surface area contributed by atoms with E-state index in [1.54, 1.807) is 12.1 Å². The number of fused-ring (bicyclic) bond motifs is 2. The molecule has 2 bridgehead atoms. The molecule has 5 heteroatoms. The first kappa shape index (κ1) is 14.6. The van der Waals surface area contributed by atoms with Gasteiger partial charge in [-0.3, -0.25) is 4.79 Å². The maximum atomic E-state index is 12.8. The number of ketones is 1. The van der Waals surface area contributed by atoms with Crippen LogP contribution in [0.15, 0.2) is 59.5 Å². The van der Waals surface area contributed by atoms with Crippen molar-refractivity contribution in [2.75, 3.05) is 0 Å². The summed E-state index contributed by atoms with van der Waals surface area (Å²) in [7, 11) is -3.50. The Kier molecular flexibility index (Phi) is 3.36. The molecule has 2 atom stereocenters. The van der Waals surface area contributed by atoms with Crippen molar-refractivity contribution in [1.82, 2.24) is 4.31 Å². The molecule has 0 amide bonds. The number of carbonyl (C=O) groups excluding carboxylic acids is 1. The standard InChI is InChI=1S/C18H17NO3S/c20-17-11-15-10-16(12-17)19(15)23(21,22)18-8-6-14(7-9-18)13-4-2-1-3-5-13/h1-9,15-16H,10-12H2. The van der Waals surface area contributed by atoms with Crippen molar-refractivity contribution in [3.8, 4) is 11.1 Å². The van der Waals surface area contributed by atoms with Crippen molar-refractivity contribution in [2.24, 2.45) is 0 Å². The Morgan fingerprint density at radius 1 is 0.826 bits per heavy atom. The van der Waals surface area contributed by atoms with Crippen molar-refractivity contribution < 1.29 is 13.2 Å². The summed E-state index contributed by atoms with van der Waals surface area (Å²) >= 11 is 0. The van der Waals surface area contributed by atoms with E-state index in [1.165, 1.54) is 4.31 Å². The molecule has 1 saturated carbocycles. The van der Waals surface area contributed by atoms with E-state index in [9.17, 15) is 13.2 Å². The first-order chi connectivity index (χ1) is 11.1. The van der Waals surface area contributed by atoms with Gasteiger partial charge in [0.25, 0.3) is 0 Å². The third-order valence-electron chi connectivity index (χ3n) is 4.73. The fraction of sp³-hybridized carbons (Fsp3) is 0.278. The average molecular weight is 327 g/mol. The smallest absolute Gasteiger partial charge is 0.243 e. The molecule has 0 N–H and O–H groups in total. The number of rotatable bonds is 3. The SMILES string of the molecule is O=C1CC2CC(C1)N2S(=O)(=O)c1ccc(-c2ccccc2)cc1. The Morgan fingerprint density at radius 2 is 1.39 bits per heavy atom. The van der Waals surface area contributed by atoms with Crippen LogP contribution in [0.3, 0.4) is 0 Å². The largest absolute Gasteiger partial charge is 0.300 e. The number of nitrogens with zero attached hydrogens (tertiary/aromatic N) is 1. The second-order valence-corrected chi connectivity index (χ2v) is 8.06. The summed E-state index contributed by atoms with van der Waals surface area (Å²) in [4.78, 5) is 11.8. The van der Waals surface area contributed by atoms with Gasteiger partial charge in [-0.1, -0.05) is 42.5 Å². The zero-order chi connectivity index (χ0) is 16.0. The van der Waals surface area contributed by atoms with Gasteiger partial charge in [0.1, 0.15) is 5.78 Å². The van der Waals surface area contributed by atoms with E-state index in [-0.39, 0.29) is 17.9 Å². The van der Waals surface area contributed by atoms with Gasteiger partial charge in [0.05, 0.1) is 4.90 Å². The average Bonchev–Trinajstić information content (AvgIpc) is 2.55. The van der Waals surface area contributed by atoms with Gasteiger partial charge in [0, 0.05) is 24.9 Å². The minimum Gasteiger partial charge on any atom is -0.300 e. The summed E-state index contributed by atoms with van der Waals surface area (Å²) < 4.78 is 27.1. The van der Waals surface area contributed by atoms with Gasteiger partial charge in [0.15, 0.2) is 0 Å². The Labute approximate surface area is 135 Å². The van der Waals surface area contributed by atoms with E-state index >= 15 is 0 Å². The zero-order valence-electron chi connectivity index (χ0n) is 12.6. The number of Topliss-reactive ketones (excluding diaryl/α,β-unsaturated/α-hetero) is 1. The highest BCUT2D eigenvalue weighted by molar-refractivity contribution is 7.89. The van der Waals surface area contributed by atoms with Crippen LogP contribution in [0, 0.1) is 0 Å². The molecule has 4 nitrogen and oxygen atoms in total. The first-order valence-corrected chi connectivity index (χ1v) is 9.20. The molecule has 1 aliphatic carbocycles. The van der Waals surface area contributed by atoms with Crippen LogP contribution in [0.2, 0.25) is 0 Å². The fourth-order valence-corrected chi connectivity index (χ4v) is 5.43. The Hall–Kier alpha value is -1.98. The molecule has 0 radical (unpaired) electrons. The van der Waals surface area contributed by atoms with Gasteiger partial charge >= 0.3 is 0 Å². The first-order valence-electron chi connectivity index (χ1n) is 7.76. The fourth-order valence-electron chi connectivity index (χ4n) is 3.60. The molecule has 0 spiro atoms. The molecule has 3 fully saturated rings. The topological polar surface area (TPSA) is 54.5 Å². The van der Waals surface area contributed by atoms with E-state index in [0.717, 1.165) is 17.5 Å². The van der Waals surface area contributed by atoms with Gasteiger partial charge < -0.3 is 0 Å². The van der Waals surface area contributed by atoms with Crippen LogP contribution in [0.4, 0.5) is 0 Å². The molecular formula is C18H17NO3S. The lowest BCUT2D eigenvalue weighted by atomic mass is 9.82. The normalized spacial score (nSPS) is 24.3. The van der Waals surface area contributed by atoms with Gasteiger partial charge in [-0.05, 0) is 29.7 Å². The molecule has 2 aromatic carbocycles. The maximum absolute atomic E-state index is 12.8. The lowest BCUT2D eigenvalue weighted by Crippen LogP contribution is -2.62. The molecule has 3 aliphatic rings. The van der Waals surface area contributed by atoms with E-state index in [0.29, 0.717) is 17.7 Å². The van der Waals surface area contributed by atoms with Crippen LogP contribution in [0.5, 0.6) is 0 Å². The molecule has 2 aromatic rings. The molecule has 2 aliphatic heterocycles. The van der Waals surface area contributed by atoms with Gasteiger partial charge in [-0.2, -0.15) is 4.31 Å². The summed E-state index contributed by atoms with van der Waals surface area (Å²) in [6.45, 7) is 0. The molecule has 2 unspecified atom stereocenters. The quantitative estimate of drug-likeness (QED) is 0.871. The number of sulfonamides is 1. The van der Waals surface area contributed by atoms with E-state index in [1.807, 2.05) is 42.5 Å². The van der Waals surface area contributed by atoms with Crippen LogP contribution in [-0.2, 0) is 14.8 Å². The third-order valence-corrected chi connectivity index (χ3v) is 6.75. The molecule has 118 valence electrons. The summed E-state index contributed by atoms with van der Waals surface area (Å²) in [5, 5.41) is 0. The Balaban J connectivity index is 1.62. The number of carbonyl (C=O) groups is 1. The minimum atomic E-state index is -3.50. The summed E-state index contributed by atoms with van der Waals surface area (Å²) in [5.74, 6) is 0.178. The van der Waals surface area contributed by atoms with Crippen molar-refractivity contribution in [3.05, 3.63) is 54.6 Å². The molecular weight excluding hydrogens is 310 g/mol. The lowest BCUT2D eigenvalue weighted by Gasteiger charge is -2.50. The molecule has 2 heterocycles. The number of piperidine rings is 1. The second-order valence-electron chi connectivity index (χ2n) is 6.22. The van der Waals surface area contributed by atoms with Crippen LogP contribution >= 0.6 is 0 Å². The molecule has 2 saturated heterocycles. The monoisotopic (exact) mass is 327 g/mol. The zero-order valence-corrected chi connectivity index (χ0v) is 13.4. The highest BCUT2D eigenvalue weighted by Gasteiger charge is 2.51. The summed E-state index contributed by atoms with van der Waals surface area (Å²) in [6, 6.07) is 16.6. The van der Waals surface area contributed by atoms with Crippen molar-refractivity contribution in [2.45, 2.75) is 36.2 Å². The third kappa shape index (κ3) is 2.40. The highest BCUT2D eigenvalue weighted by atomic mass is 32.2. The van der Waals surface area contributed by atoms with E-state index in [4.69, 9.17) is 0 Å². The van der Waals surface area contributed by atoms with Crippen LogP contribution < -0.4 is 0 Å². The van der Waals surface area contributed by atoms with Gasteiger partial charge in [-0.25, -0.2) is 8.42 Å². The van der Waals surface area contributed by atoms with Gasteiger partial charge in [-0.15, -0.1) is 0 Å². The van der Waals surface area contributed by atoms with Crippen LogP contribution in [0.25, 0.3) is 11.1 Å². The number of benzene rings is 2. The van der Waals surface area contributed by atoms with Crippen molar-refractivity contribution in [3.63, 3.8) is 0 Å². The van der Waals surface area contributed by atoms with Crippen molar-refractivity contribution in [1.29, 1.82) is 0 Å². The number of hydrogen-bond acceptors (Lipinski definition) is 3. The van der Waals surface area contributed by atoms with Gasteiger partial charge in [0.2, 0.25) is 10.0 Å². The number of hydrogen-bond donors (Lipinski definition) is 0. The van der Waals surface area contributed by atoms with E-state index in [2.05, 4.69) is 0 Å². The van der Waals surface area contributed by atoms with Crippen molar-refractivity contribution >= 4 is 15.8 Å². The lowest BCUT2D eigenvalue weighted by molar-refractivity contribution is -0.128. The predicted molar refractivity (Wildman–Crippen MR) is 87.3 cm³/mol. The summed E-state index contributed by atoms with van der Waals surface area (Å²) in [6.07, 6.45) is 1.53. The maximum Gasteiger partial charge on any atom is 0.243 e. The van der Waals surface area contributed by atoms with E-state index < -0.39 is 10.0 Å². The van der Waals surface area contributed by atoms with Crippen LogP contribution in [-0.4, -0.2) is 30.6 Å².